The molecule has 0 radical (unpaired) electrons. The zero-order chi connectivity index (χ0) is 9.84. The zero-order valence-electron chi connectivity index (χ0n) is 6.69. The lowest BCUT2D eigenvalue weighted by atomic mass is 10.3. The lowest BCUT2D eigenvalue weighted by Gasteiger charge is -1.89. The Labute approximate surface area is 73.1 Å². The molecule has 1 rings (SSSR count). The molecule has 70 valence electrons. The molecule has 0 aromatic carbocycles. The Hall–Kier alpha value is -1.92. The third-order valence-electron chi connectivity index (χ3n) is 1.42. The first-order valence-electron chi connectivity index (χ1n) is 3.56. The predicted octanol–water partition coefficient (Wildman–Crippen LogP) is -0.264. The molecule has 0 spiro atoms. The summed E-state index contributed by atoms with van der Waals surface area (Å²) in [4.78, 5) is 26.1. The molecule has 0 aliphatic carbocycles. The highest BCUT2D eigenvalue weighted by molar-refractivity contribution is 5.73. The number of hydrogen-bond acceptors (Lipinski definition) is 4. The Morgan fingerprint density at radius 1 is 1.77 bits per heavy atom. The van der Waals surface area contributed by atoms with Crippen molar-refractivity contribution in [2.75, 3.05) is 0 Å². The summed E-state index contributed by atoms with van der Waals surface area (Å²) in [6.07, 6.45) is 1.53. The van der Waals surface area contributed by atoms with Crippen molar-refractivity contribution in [1.82, 2.24) is 9.97 Å². The number of nitrogens with two attached hydrogens (primary N) is 1. The van der Waals surface area contributed by atoms with Crippen LogP contribution in [0.5, 0.6) is 0 Å². The van der Waals surface area contributed by atoms with E-state index in [9.17, 15) is 14.9 Å². The fraction of sp³-hybridized carbons (Fsp3) is 0.333. The van der Waals surface area contributed by atoms with Gasteiger partial charge in [0.1, 0.15) is 6.20 Å². The first-order valence-corrected chi connectivity index (χ1v) is 3.56. The van der Waals surface area contributed by atoms with Gasteiger partial charge in [-0.15, -0.1) is 0 Å². The van der Waals surface area contributed by atoms with Gasteiger partial charge in [0, 0.05) is 12.8 Å². The monoisotopic (exact) mass is 184 g/mol. The Morgan fingerprint density at radius 2 is 2.46 bits per heavy atom. The molecule has 0 fully saturated rings. The Morgan fingerprint density at radius 3 is 2.92 bits per heavy atom. The van der Waals surface area contributed by atoms with Crippen LogP contribution in [0.2, 0.25) is 0 Å². The standard InChI is InChI=1S/C6H8N4O3/c7-4(11)1-2-5-8-3-6(9-5)10(12)13/h3H,1-2H2,(H2,7,11)(H,8,9). The normalized spacial score (nSPS) is 9.85. The average molecular weight is 184 g/mol. The molecule has 0 saturated heterocycles. The van der Waals surface area contributed by atoms with Gasteiger partial charge in [0.2, 0.25) is 5.91 Å². The van der Waals surface area contributed by atoms with E-state index in [4.69, 9.17) is 5.73 Å². The third-order valence-corrected chi connectivity index (χ3v) is 1.42. The lowest BCUT2D eigenvalue weighted by Crippen LogP contribution is -2.11. The number of amides is 1. The molecule has 7 heteroatoms. The van der Waals surface area contributed by atoms with Crippen molar-refractivity contribution in [2.24, 2.45) is 5.73 Å². The second-order valence-electron chi connectivity index (χ2n) is 2.44. The minimum atomic E-state index is -0.583. The molecular weight excluding hydrogens is 176 g/mol. The van der Waals surface area contributed by atoms with E-state index >= 15 is 0 Å². The molecule has 0 bridgehead atoms. The van der Waals surface area contributed by atoms with Crippen LogP contribution in [0.15, 0.2) is 6.20 Å². The predicted molar refractivity (Wildman–Crippen MR) is 42.8 cm³/mol. The van der Waals surface area contributed by atoms with E-state index < -0.39 is 10.8 Å². The number of H-pyrrole nitrogens is 1. The number of carbonyl (C=O) groups excluding carboxylic acids is 1. The van der Waals surface area contributed by atoms with E-state index in [0.29, 0.717) is 12.2 Å². The smallest absolute Gasteiger partial charge is 0.340 e. The number of aryl methyl sites for hydroxylation is 1. The van der Waals surface area contributed by atoms with Crippen molar-refractivity contribution < 1.29 is 9.72 Å². The molecule has 0 saturated carbocycles. The van der Waals surface area contributed by atoms with Gasteiger partial charge in [0.25, 0.3) is 0 Å². The topological polar surface area (TPSA) is 115 Å². The molecule has 3 N–H and O–H groups in total. The molecule has 0 aliphatic rings. The van der Waals surface area contributed by atoms with E-state index in [2.05, 4.69) is 9.97 Å². The minimum absolute atomic E-state index is 0.130. The second-order valence-corrected chi connectivity index (χ2v) is 2.44. The first kappa shape index (κ1) is 9.17. The fourth-order valence-corrected chi connectivity index (χ4v) is 0.813. The summed E-state index contributed by atoms with van der Waals surface area (Å²) in [5, 5.41) is 10.2. The van der Waals surface area contributed by atoms with Gasteiger partial charge in [-0.2, -0.15) is 0 Å². The van der Waals surface area contributed by atoms with Gasteiger partial charge in [-0.1, -0.05) is 0 Å². The Balaban J connectivity index is 2.59. The van der Waals surface area contributed by atoms with E-state index in [1.807, 2.05) is 0 Å². The van der Waals surface area contributed by atoms with E-state index in [-0.39, 0.29) is 12.2 Å². The quantitative estimate of drug-likeness (QED) is 0.495. The number of primary amides is 1. The number of aromatic nitrogens is 2. The summed E-state index contributed by atoms with van der Waals surface area (Å²) in [6.45, 7) is 0. The summed E-state index contributed by atoms with van der Waals surface area (Å²) in [5.41, 5.74) is 4.89. The van der Waals surface area contributed by atoms with Crippen LogP contribution in [0.25, 0.3) is 0 Å². The summed E-state index contributed by atoms with van der Waals surface area (Å²) in [5.74, 6) is -0.246. The van der Waals surface area contributed by atoms with Gasteiger partial charge in [0.15, 0.2) is 5.82 Å². The maximum Gasteiger partial charge on any atom is 0.340 e. The van der Waals surface area contributed by atoms with Gasteiger partial charge in [-0.05, 0) is 4.92 Å². The Kier molecular flexibility index (Phi) is 2.58. The van der Waals surface area contributed by atoms with Gasteiger partial charge >= 0.3 is 5.82 Å². The van der Waals surface area contributed by atoms with Crippen LogP contribution in [0.1, 0.15) is 12.2 Å². The number of nitrogens with one attached hydrogen (secondary N) is 1. The number of nitro groups is 1. The van der Waals surface area contributed by atoms with E-state index in [1.165, 1.54) is 0 Å². The highest BCUT2D eigenvalue weighted by atomic mass is 16.6. The molecule has 7 nitrogen and oxygen atoms in total. The van der Waals surface area contributed by atoms with Gasteiger partial charge < -0.3 is 15.8 Å². The van der Waals surface area contributed by atoms with Crippen molar-refractivity contribution in [1.29, 1.82) is 0 Å². The third kappa shape index (κ3) is 2.55. The highest BCUT2D eigenvalue weighted by Crippen LogP contribution is 2.07. The van der Waals surface area contributed by atoms with Crippen molar-refractivity contribution in [3.05, 3.63) is 22.1 Å². The van der Waals surface area contributed by atoms with Crippen LogP contribution >= 0.6 is 0 Å². The molecule has 0 unspecified atom stereocenters. The minimum Gasteiger partial charge on any atom is -0.370 e. The van der Waals surface area contributed by atoms with Crippen molar-refractivity contribution in [2.45, 2.75) is 12.8 Å². The van der Waals surface area contributed by atoms with E-state index in [0.717, 1.165) is 6.20 Å². The maximum atomic E-state index is 10.4. The number of aromatic amines is 1. The van der Waals surface area contributed by atoms with Crippen LogP contribution in [-0.2, 0) is 11.2 Å². The summed E-state index contributed by atoms with van der Waals surface area (Å²) in [6, 6.07) is 0. The van der Waals surface area contributed by atoms with Crippen molar-refractivity contribution in [3.63, 3.8) is 0 Å². The maximum absolute atomic E-state index is 10.4. The van der Waals surface area contributed by atoms with Gasteiger partial charge in [-0.25, -0.2) is 9.97 Å². The van der Waals surface area contributed by atoms with Crippen LogP contribution in [0.4, 0.5) is 5.82 Å². The van der Waals surface area contributed by atoms with Gasteiger partial charge in [0.05, 0.1) is 0 Å². The van der Waals surface area contributed by atoms with Crippen LogP contribution in [-0.4, -0.2) is 20.8 Å². The summed E-state index contributed by atoms with van der Waals surface area (Å²) >= 11 is 0. The van der Waals surface area contributed by atoms with Crippen LogP contribution in [0, 0.1) is 10.1 Å². The largest absolute Gasteiger partial charge is 0.370 e. The number of carbonyl (C=O) groups is 1. The number of rotatable bonds is 4. The summed E-state index contributed by atoms with van der Waals surface area (Å²) < 4.78 is 0. The second kappa shape index (κ2) is 3.65. The number of hydrogen-bond donors (Lipinski definition) is 2. The Bertz CT molecular complexity index is 332. The molecule has 0 aliphatic heterocycles. The fourth-order valence-electron chi connectivity index (χ4n) is 0.813. The highest BCUT2D eigenvalue weighted by Gasteiger charge is 2.10. The number of nitrogens with zero attached hydrogens (tertiary/aromatic N) is 2. The van der Waals surface area contributed by atoms with Crippen molar-refractivity contribution >= 4 is 11.7 Å². The van der Waals surface area contributed by atoms with Crippen LogP contribution < -0.4 is 5.73 Å². The SMILES string of the molecule is NC(=O)CCc1ncc([N+](=O)[O-])[nH]1. The molecule has 1 aromatic heterocycles. The molecule has 0 atom stereocenters. The summed E-state index contributed by atoms with van der Waals surface area (Å²) in [7, 11) is 0. The molecule has 13 heavy (non-hydrogen) atoms. The molecular formula is C6H8N4O3. The van der Waals surface area contributed by atoms with Crippen molar-refractivity contribution in [3.8, 4) is 0 Å². The van der Waals surface area contributed by atoms with Crippen LogP contribution in [0.3, 0.4) is 0 Å². The number of imidazole rings is 1. The van der Waals surface area contributed by atoms with E-state index in [1.54, 1.807) is 0 Å². The molecule has 1 aromatic rings. The average Bonchev–Trinajstić information content (AvgIpc) is 2.48. The molecule has 1 amide bonds. The van der Waals surface area contributed by atoms with Gasteiger partial charge in [-0.3, -0.25) is 4.79 Å². The molecule has 1 heterocycles. The first-order chi connectivity index (χ1) is 6.09. The lowest BCUT2D eigenvalue weighted by molar-refractivity contribution is -0.389. The zero-order valence-corrected chi connectivity index (χ0v) is 6.69.